The minimum Gasteiger partial charge on any atom is -0.288 e. The lowest BCUT2D eigenvalue weighted by molar-refractivity contribution is -0.0326. The van der Waals surface area contributed by atoms with Crippen molar-refractivity contribution in [3.63, 3.8) is 0 Å². The van der Waals surface area contributed by atoms with Crippen molar-refractivity contribution in [2.24, 2.45) is 0 Å². The largest absolute Gasteiger partial charge is 0.288 e. The van der Waals surface area contributed by atoms with Crippen LogP contribution in [0.2, 0.25) is 0 Å². The van der Waals surface area contributed by atoms with E-state index in [1.165, 1.54) is 17.2 Å². The van der Waals surface area contributed by atoms with E-state index in [0.717, 1.165) is 29.7 Å². The summed E-state index contributed by atoms with van der Waals surface area (Å²) in [7, 11) is 0. The molecule has 0 saturated heterocycles. The molecule has 1 aliphatic rings. The van der Waals surface area contributed by atoms with Gasteiger partial charge >= 0.3 is 0 Å². The monoisotopic (exact) mass is 207 g/mol. The Labute approximate surface area is 88.6 Å². The van der Waals surface area contributed by atoms with Crippen molar-refractivity contribution in [2.75, 3.05) is 6.54 Å². The summed E-state index contributed by atoms with van der Waals surface area (Å²) in [5.41, 5.74) is 2.60. The van der Waals surface area contributed by atoms with Crippen LogP contribution in [0.4, 0.5) is 4.39 Å². The molecule has 0 unspecified atom stereocenters. The van der Waals surface area contributed by atoms with Crippen LogP contribution in [-0.2, 0) is 0 Å². The summed E-state index contributed by atoms with van der Waals surface area (Å²) < 4.78 is 13.1. The average Bonchev–Trinajstić information content (AvgIpc) is 2.17. The van der Waals surface area contributed by atoms with E-state index in [-0.39, 0.29) is 5.82 Å². The van der Waals surface area contributed by atoms with E-state index < -0.39 is 0 Å². The summed E-state index contributed by atoms with van der Waals surface area (Å²) in [5.74, 6) is -0.272. The van der Waals surface area contributed by atoms with E-state index in [1.54, 1.807) is 6.07 Å². The van der Waals surface area contributed by atoms with Crippen molar-refractivity contribution < 1.29 is 9.60 Å². The molecule has 1 aromatic rings. The summed E-state index contributed by atoms with van der Waals surface area (Å²) >= 11 is 0. The molecule has 0 spiro atoms. The third-order valence-corrected chi connectivity index (χ3v) is 2.68. The number of hydroxylamine groups is 2. The molecular weight excluding hydrogens is 193 g/mol. The summed E-state index contributed by atoms with van der Waals surface area (Å²) in [5, 5.41) is 11.0. The molecule has 0 saturated carbocycles. The second-order valence-corrected chi connectivity index (χ2v) is 3.87. The Hall–Kier alpha value is -1.35. The predicted octanol–water partition coefficient (Wildman–Crippen LogP) is 3.04. The summed E-state index contributed by atoms with van der Waals surface area (Å²) in [4.78, 5) is 0. The lowest BCUT2D eigenvalue weighted by atomic mass is 10.00. The Morgan fingerprint density at radius 2 is 2.20 bits per heavy atom. The fourth-order valence-corrected chi connectivity index (χ4v) is 1.98. The first-order chi connectivity index (χ1) is 7.18. The molecule has 0 radical (unpaired) electrons. The van der Waals surface area contributed by atoms with Gasteiger partial charge in [0.2, 0.25) is 0 Å². The van der Waals surface area contributed by atoms with Crippen LogP contribution in [0.5, 0.6) is 0 Å². The Kier molecular flexibility index (Phi) is 2.73. The Bertz CT molecular complexity index is 400. The maximum Gasteiger partial charge on any atom is 0.123 e. The van der Waals surface area contributed by atoms with E-state index in [4.69, 9.17) is 0 Å². The maximum atomic E-state index is 13.1. The molecule has 0 atom stereocenters. The summed E-state index contributed by atoms with van der Waals surface area (Å²) in [6.07, 6.45) is 1.91. The first-order valence-corrected chi connectivity index (χ1v) is 5.10. The molecule has 80 valence electrons. The van der Waals surface area contributed by atoms with Crippen molar-refractivity contribution in [3.8, 4) is 0 Å². The molecule has 0 aromatic heterocycles. The first-order valence-electron chi connectivity index (χ1n) is 5.10. The van der Waals surface area contributed by atoms with Crippen LogP contribution in [0.1, 0.15) is 25.3 Å². The van der Waals surface area contributed by atoms with E-state index >= 15 is 0 Å². The number of hydrogen-bond acceptors (Lipinski definition) is 2. The molecule has 15 heavy (non-hydrogen) atoms. The molecule has 0 bridgehead atoms. The lowest BCUT2D eigenvalue weighted by Crippen LogP contribution is -2.24. The third kappa shape index (κ3) is 2.02. The van der Waals surface area contributed by atoms with Gasteiger partial charge in [-0.25, -0.2) is 4.39 Å². The van der Waals surface area contributed by atoms with Crippen LogP contribution in [0, 0.1) is 5.82 Å². The van der Waals surface area contributed by atoms with E-state index in [1.807, 2.05) is 13.0 Å². The minimum absolute atomic E-state index is 0.272. The number of halogens is 1. The Morgan fingerprint density at radius 3 is 2.87 bits per heavy atom. The molecular formula is C12H14FNO. The molecule has 2 nitrogen and oxygen atoms in total. The molecule has 0 aliphatic carbocycles. The number of allylic oxidation sites excluding steroid dienone is 1. The molecule has 1 heterocycles. The standard InChI is InChI=1S/C12H14FNO/c1-9-4-3-7-14(15)12(9)10-5-2-6-11(13)8-10/h2,5-6,8,15H,3-4,7H2,1H3. The van der Waals surface area contributed by atoms with Gasteiger partial charge in [0.15, 0.2) is 0 Å². The van der Waals surface area contributed by atoms with Gasteiger partial charge in [-0.05, 0) is 37.5 Å². The molecule has 0 fully saturated rings. The van der Waals surface area contributed by atoms with Gasteiger partial charge in [0.1, 0.15) is 5.82 Å². The van der Waals surface area contributed by atoms with Gasteiger partial charge in [-0.15, -0.1) is 0 Å². The normalized spacial score (nSPS) is 17.1. The Balaban J connectivity index is 2.44. The fourth-order valence-electron chi connectivity index (χ4n) is 1.98. The van der Waals surface area contributed by atoms with Gasteiger partial charge in [-0.1, -0.05) is 12.1 Å². The molecule has 1 aromatic carbocycles. The topological polar surface area (TPSA) is 23.5 Å². The quantitative estimate of drug-likeness (QED) is 0.765. The second-order valence-electron chi connectivity index (χ2n) is 3.87. The molecule has 0 amide bonds. The van der Waals surface area contributed by atoms with Crippen LogP contribution >= 0.6 is 0 Å². The third-order valence-electron chi connectivity index (χ3n) is 2.68. The zero-order chi connectivity index (χ0) is 10.8. The van der Waals surface area contributed by atoms with Gasteiger partial charge in [-0.3, -0.25) is 10.3 Å². The van der Waals surface area contributed by atoms with Gasteiger partial charge < -0.3 is 0 Å². The van der Waals surface area contributed by atoms with Crippen LogP contribution < -0.4 is 0 Å². The Morgan fingerprint density at radius 1 is 1.40 bits per heavy atom. The molecule has 1 aliphatic heterocycles. The van der Waals surface area contributed by atoms with Crippen molar-refractivity contribution in [1.82, 2.24) is 5.06 Å². The molecule has 1 N–H and O–H groups in total. The van der Waals surface area contributed by atoms with Crippen LogP contribution in [-0.4, -0.2) is 16.8 Å². The predicted molar refractivity (Wildman–Crippen MR) is 56.7 cm³/mol. The molecule has 3 heteroatoms. The molecule has 2 rings (SSSR count). The van der Waals surface area contributed by atoms with E-state index in [9.17, 15) is 9.60 Å². The van der Waals surface area contributed by atoms with Gasteiger partial charge in [0.05, 0.1) is 5.70 Å². The highest BCUT2D eigenvalue weighted by Gasteiger charge is 2.17. The van der Waals surface area contributed by atoms with Crippen molar-refractivity contribution in [1.29, 1.82) is 0 Å². The zero-order valence-corrected chi connectivity index (χ0v) is 8.70. The smallest absolute Gasteiger partial charge is 0.123 e. The first kappa shape index (κ1) is 10.2. The van der Waals surface area contributed by atoms with E-state index in [0.29, 0.717) is 6.54 Å². The number of hydrogen-bond donors (Lipinski definition) is 1. The van der Waals surface area contributed by atoms with Crippen LogP contribution in [0.3, 0.4) is 0 Å². The van der Waals surface area contributed by atoms with Crippen LogP contribution in [0.15, 0.2) is 29.8 Å². The second kappa shape index (κ2) is 4.03. The fraction of sp³-hybridized carbons (Fsp3) is 0.333. The SMILES string of the molecule is CC1=C(c2cccc(F)c2)N(O)CCC1. The number of rotatable bonds is 1. The highest BCUT2D eigenvalue weighted by atomic mass is 19.1. The lowest BCUT2D eigenvalue weighted by Gasteiger charge is -2.27. The van der Waals surface area contributed by atoms with Crippen molar-refractivity contribution in [3.05, 3.63) is 41.2 Å². The highest BCUT2D eigenvalue weighted by Crippen LogP contribution is 2.28. The number of benzene rings is 1. The van der Waals surface area contributed by atoms with Gasteiger partial charge in [0, 0.05) is 12.1 Å². The summed E-state index contributed by atoms with van der Waals surface area (Å²) in [6, 6.07) is 6.33. The van der Waals surface area contributed by atoms with E-state index in [2.05, 4.69) is 0 Å². The van der Waals surface area contributed by atoms with Crippen LogP contribution in [0.25, 0.3) is 5.70 Å². The zero-order valence-electron chi connectivity index (χ0n) is 8.70. The maximum absolute atomic E-state index is 13.1. The average molecular weight is 207 g/mol. The highest BCUT2D eigenvalue weighted by molar-refractivity contribution is 5.66. The van der Waals surface area contributed by atoms with Crippen molar-refractivity contribution >= 4 is 5.70 Å². The minimum atomic E-state index is -0.272. The van der Waals surface area contributed by atoms with Crippen molar-refractivity contribution in [2.45, 2.75) is 19.8 Å². The summed E-state index contributed by atoms with van der Waals surface area (Å²) in [6.45, 7) is 2.59. The van der Waals surface area contributed by atoms with Gasteiger partial charge in [0.25, 0.3) is 0 Å². The van der Waals surface area contributed by atoms with Gasteiger partial charge in [-0.2, -0.15) is 0 Å². The number of nitrogens with zero attached hydrogens (tertiary/aromatic N) is 1.